The Morgan fingerprint density at radius 1 is 1.04 bits per heavy atom. The van der Waals surface area contributed by atoms with Crippen LogP contribution >= 0.6 is 0 Å². The van der Waals surface area contributed by atoms with Crippen molar-refractivity contribution in [2.24, 2.45) is 0 Å². The van der Waals surface area contributed by atoms with Gasteiger partial charge in [-0.15, -0.1) is 0 Å². The number of ether oxygens (including phenoxy) is 2. The Labute approximate surface area is 145 Å². The predicted molar refractivity (Wildman–Crippen MR) is 82.1 cm³/mol. The van der Waals surface area contributed by atoms with Crippen molar-refractivity contribution in [1.29, 1.82) is 0 Å². The van der Waals surface area contributed by atoms with Crippen molar-refractivity contribution in [3.05, 3.63) is 23.8 Å². The van der Waals surface area contributed by atoms with Gasteiger partial charge in [-0.3, -0.25) is 4.79 Å². The van der Waals surface area contributed by atoms with E-state index in [1.807, 2.05) is 0 Å². The lowest BCUT2D eigenvalue weighted by Gasteiger charge is -2.27. The van der Waals surface area contributed by atoms with Gasteiger partial charge in [-0.1, -0.05) is 0 Å². The number of methoxy groups -OCH3 is 2. The van der Waals surface area contributed by atoms with Gasteiger partial charge < -0.3 is 19.7 Å². The summed E-state index contributed by atoms with van der Waals surface area (Å²) in [7, 11) is 2.79. The highest BCUT2D eigenvalue weighted by Crippen LogP contribution is 2.36. The van der Waals surface area contributed by atoms with Crippen LogP contribution in [-0.4, -0.2) is 52.6 Å². The molecule has 0 aliphatic rings. The van der Waals surface area contributed by atoms with E-state index >= 15 is 0 Å². The number of anilines is 2. The third kappa shape index (κ3) is 6.37. The lowest BCUT2D eigenvalue weighted by atomic mass is 10.1. The summed E-state index contributed by atoms with van der Waals surface area (Å²) in [6, 6.07) is 2.19. The molecule has 0 fully saturated rings. The number of hydrogen-bond donors (Lipinski definition) is 1. The van der Waals surface area contributed by atoms with Crippen molar-refractivity contribution in [1.82, 2.24) is 0 Å². The molecule has 0 aromatic heterocycles. The molecule has 1 aromatic rings. The van der Waals surface area contributed by atoms with Crippen LogP contribution in [0.3, 0.4) is 0 Å². The first-order valence-corrected chi connectivity index (χ1v) is 7.33. The highest BCUT2D eigenvalue weighted by atomic mass is 19.4. The minimum Gasteiger partial charge on any atom is -0.383 e. The Hall–Kier alpha value is -2.01. The number of carbonyl (C=O) groups is 1. The maximum atomic E-state index is 12.9. The van der Waals surface area contributed by atoms with Gasteiger partial charge in [-0.05, 0) is 18.2 Å². The number of rotatable bonds is 8. The zero-order valence-corrected chi connectivity index (χ0v) is 14.0. The number of benzene rings is 1. The normalized spacial score (nSPS) is 12.2. The number of nitrogens with zero attached hydrogens (tertiary/aromatic N) is 1. The fourth-order valence-corrected chi connectivity index (χ4v) is 2.04. The van der Waals surface area contributed by atoms with E-state index in [9.17, 15) is 31.1 Å². The molecular weight excluding hydrogens is 370 g/mol. The molecule has 0 bridgehead atoms. The van der Waals surface area contributed by atoms with Gasteiger partial charge in [0.2, 0.25) is 0 Å². The molecular formula is C15H18F6N2O3. The monoisotopic (exact) mass is 388 g/mol. The van der Waals surface area contributed by atoms with Crippen LogP contribution in [0.1, 0.15) is 5.56 Å². The summed E-state index contributed by atoms with van der Waals surface area (Å²) in [6.07, 6.45) is -10.0. The average Bonchev–Trinajstić information content (AvgIpc) is 2.53. The fourth-order valence-electron chi connectivity index (χ4n) is 2.04. The Balaban J connectivity index is 3.31. The maximum Gasteiger partial charge on any atom is 0.471 e. The van der Waals surface area contributed by atoms with Crippen LogP contribution in [0.5, 0.6) is 0 Å². The summed E-state index contributed by atoms with van der Waals surface area (Å²) in [5.41, 5.74) is -1.80. The van der Waals surface area contributed by atoms with Crippen molar-refractivity contribution >= 4 is 17.3 Å². The molecule has 1 rings (SSSR count). The predicted octanol–water partition coefficient (Wildman–Crippen LogP) is 3.31. The smallest absolute Gasteiger partial charge is 0.383 e. The molecule has 5 nitrogen and oxygen atoms in total. The topological polar surface area (TPSA) is 50.8 Å². The molecule has 26 heavy (non-hydrogen) atoms. The Kier molecular flexibility index (Phi) is 7.69. The van der Waals surface area contributed by atoms with Crippen LogP contribution < -0.4 is 10.2 Å². The van der Waals surface area contributed by atoms with E-state index in [1.165, 1.54) is 24.4 Å². The first kappa shape index (κ1) is 22.0. The standard InChI is InChI=1S/C15H18F6N2O3/c1-25-7-5-23(6-8-26-2)12-4-3-10(14(16,17)18)9-11(12)22-13(24)15(19,20)21/h3-4,9H,5-8H2,1-2H3,(H,22,24). The van der Waals surface area contributed by atoms with Crippen LogP contribution in [0.4, 0.5) is 37.7 Å². The Morgan fingerprint density at radius 2 is 1.58 bits per heavy atom. The molecule has 0 heterocycles. The molecule has 0 saturated carbocycles. The molecule has 1 amide bonds. The number of alkyl halides is 6. The van der Waals surface area contributed by atoms with Gasteiger partial charge >= 0.3 is 18.3 Å². The first-order chi connectivity index (χ1) is 12.0. The number of carbonyl (C=O) groups excluding carboxylic acids is 1. The molecule has 0 unspecified atom stereocenters. The third-order valence-corrected chi connectivity index (χ3v) is 3.30. The van der Waals surface area contributed by atoms with E-state index in [2.05, 4.69) is 0 Å². The quantitative estimate of drug-likeness (QED) is 0.695. The van der Waals surface area contributed by atoms with Gasteiger partial charge in [0.1, 0.15) is 0 Å². The van der Waals surface area contributed by atoms with Crippen molar-refractivity contribution in [3.8, 4) is 0 Å². The number of halogens is 6. The summed E-state index contributed by atoms with van der Waals surface area (Å²) < 4.78 is 86.0. The second-order valence-electron chi connectivity index (χ2n) is 5.15. The number of hydrogen-bond acceptors (Lipinski definition) is 4. The van der Waals surface area contributed by atoms with E-state index < -0.39 is 29.5 Å². The fraction of sp³-hybridized carbons (Fsp3) is 0.533. The third-order valence-electron chi connectivity index (χ3n) is 3.30. The second-order valence-corrected chi connectivity index (χ2v) is 5.15. The number of amides is 1. The zero-order chi connectivity index (χ0) is 20.0. The summed E-state index contributed by atoms with van der Waals surface area (Å²) in [6.45, 7) is 0.662. The summed E-state index contributed by atoms with van der Waals surface area (Å²) in [5.74, 6) is -2.36. The molecule has 0 saturated heterocycles. The minimum atomic E-state index is -5.24. The van der Waals surface area contributed by atoms with E-state index in [-0.39, 0.29) is 32.0 Å². The minimum absolute atomic E-state index is 0.00954. The molecule has 0 aliphatic carbocycles. The molecule has 0 atom stereocenters. The Morgan fingerprint density at radius 3 is 2.00 bits per heavy atom. The molecule has 0 aliphatic heterocycles. The highest BCUT2D eigenvalue weighted by molar-refractivity contribution is 5.98. The van der Waals surface area contributed by atoms with E-state index in [0.29, 0.717) is 6.07 Å². The van der Waals surface area contributed by atoms with Gasteiger partial charge in [0, 0.05) is 27.3 Å². The molecule has 1 aromatic carbocycles. The van der Waals surface area contributed by atoms with E-state index in [0.717, 1.165) is 12.1 Å². The largest absolute Gasteiger partial charge is 0.471 e. The number of nitrogens with one attached hydrogen (secondary N) is 1. The van der Waals surface area contributed by atoms with Gasteiger partial charge in [0.05, 0.1) is 30.2 Å². The lowest BCUT2D eigenvalue weighted by molar-refractivity contribution is -0.167. The van der Waals surface area contributed by atoms with Crippen LogP contribution in [-0.2, 0) is 20.4 Å². The van der Waals surface area contributed by atoms with Crippen LogP contribution in [0.25, 0.3) is 0 Å². The van der Waals surface area contributed by atoms with Gasteiger partial charge in [0.15, 0.2) is 0 Å². The van der Waals surface area contributed by atoms with Crippen molar-refractivity contribution in [3.63, 3.8) is 0 Å². The SMILES string of the molecule is COCCN(CCOC)c1ccc(C(F)(F)F)cc1NC(=O)C(F)(F)F. The maximum absolute atomic E-state index is 12.9. The molecule has 0 radical (unpaired) electrons. The first-order valence-electron chi connectivity index (χ1n) is 7.33. The van der Waals surface area contributed by atoms with Crippen molar-refractivity contribution in [2.75, 3.05) is 50.7 Å². The molecule has 1 N–H and O–H groups in total. The van der Waals surface area contributed by atoms with Gasteiger partial charge in [-0.25, -0.2) is 0 Å². The van der Waals surface area contributed by atoms with Crippen molar-refractivity contribution in [2.45, 2.75) is 12.4 Å². The van der Waals surface area contributed by atoms with Crippen molar-refractivity contribution < 1.29 is 40.6 Å². The van der Waals surface area contributed by atoms with Crippen LogP contribution in [0.15, 0.2) is 18.2 Å². The summed E-state index contributed by atoms with van der Waals surface area (Å²) in [5, 5.41) is 1.51. The average molecular weight is 388 g/mol. The van der Waals surface area contributed by atoms with Crippen LogP contribution in [0, 0.1) is 0 Å². The second kappa shape index (κ2) is 9.08. The van der Waals surface area contributed by atoms with Gasteiger partial charge in [0.25, 0.3) is 0 Å². The summed E-state index contributed by atoms with van der Waals surface area (Å²) in [4.78, 5) is 12.7. The molecule has 0 spiro atoms. The Bertz CT molecular complexity index is 596. The molecule has 11 heteroatoms. The zero-order valence-electron chi connectivity index (χ0n) is 14.0. The summed E-state index contributed by atoms with van der Waals surface area (Å²) >= 11 is 0. The van der Waals surface area contributed by atoms with Crippen LogP contribution in [0.2, 0.25) is 0 Å². The van der Waals surface area contributed by atoms with Gasteiger partial charge in [-0.2, -0.15) is 26.3 Å². The lowest BCUT2D eigenvalue weighted by Crippen LogP contribution is -2.34. The highest BCUT2D eigenvalue weighted by Gasteiger charge is 2.40. The molecule has 148 valence electrons. The van der Waals surface area contributed by atoms with E-state index in [1.54, 1.807) is 0 Å². The van der Waals surface area contributed by atoms with E-state index in [4.69, 9.17) is 9.47 Å².